The summed E-state index contributed by atoms with van der Waals surface area (Å²) in [5.41, 5.74) is 4.17. The second-order valence-electron chi connectivity index (χ2n) is 10.3. The summed E-state index contributed by atoms with van der Waals surface area (Å²) >= 11 is 0. The van der Waals surface area contributed by atoms with Crippen LogP contribution in [0, 0.1) is 5.82 Å². The van der Waals surface area contributed by atoms with Gasteiger partial charge in [-0.2, -0.15) is 4.99 Å². The lowest BCUT2D eigenvalue weighted by Crippen LogP contribution is -2.52. The van der Waals surface area contributed by atoms with Gasteiger partial charge in [-0.05, 0) is 72.7 Å². The van der Waals surface area contributed by atoms with Crippen LogP contribution in [0.1, 0.15) is 40.9 Å². The number of halogens is 1. The fraction of sp³-hybridized carbons (Fsp3) is 0.400. The summed E-state index contributed by atoms with van der Waals surface area (Å²) in [7, 11) is 3.69. The number of nitrogens with zero attached hydrogens (tertiary/aromatic N) is 4. The number of rotatable bonds is 6. The van der Waals surface area contributed by atoms with Gasteiger partial charge in [0.2, 0.25) is 0 Å². The minimum atomic E-state index is -0.220. The van der Waals surface area contributed by atoms with E-state index in [1.807, 2.05) is 50.5 Å². The van der Waals surface area contributed by atoms with Gasteiger partial charge in [0, 0.05) is 63.0 Å². The van der Waals surface area contributed by atoms with Crippen LogP contribution in [0.25, 0.3) is 10.8 Å². The minimum absolute atomic E-state index is 0.0383. The summed E-state index contributed by atoms with van der Waals surface area (Å²) in [5.74, 6) is -0.419. The third-order valence-corrected chi connectivity index (χ3v) is 7.44. The molecule has 2 aliphatic rings. The van der Waals surface area contributed by atoms with Crippen LogP contribution in [-0.2, 0) is 11.2 Å². The Bertz CT molecular complexity index is 1310. The molecule has 0 unspecified atom stereocenters. The van der Waals surface area contributed by atoms with Crippen LogP contribution in [0.2, 0.25) is 0 Å². The highest BCUT2D eigenvalue weighted by atomic mass is 19.1. The fourth-order valence-corrected chi connectivity index (χ4v) is 5.49. The van der Waals surface area contributed by atoms with Crippen LogP contribution in [0.5, 0.6) is 0 Å². The predicted octanol–water partition coefficient (Wildman–Crippen LogP) is 4.92. The van der Waals surface area contributed by atoms with E-state index < -0.39 is 0 Å². The Balaban J connectivity index is 1.22. The molecule has 0 spiro atoms. The van der Waals surface area contributed by atoms with E-state index in [1.165, 1.54) is 23.2 Å². The lowest BCUT2D eigenvalue weighted by molar-refractivity contribution is 0.0255. The van der Waals surface area contributed by atoms with Crippen LogP contribution < -0.4 is 4.90 Å². The van der Waals surface area contributed by atoms with Crippen molar-refractivity contribution >= 4 is 28.7 Å². The van der Waals surface area contributed by atoms with Gasteiger partial charge in [0.25, 0.3) is 5.91 Å². The highest BCUT2D eigenvalue weighted by Crippen LogP contribution is 2.32. The Morgan fingerprint density at radius 2 is 2.03 bits per heavy atom. The monoisotopic (exact) mass is 502 g/mol. The smallest absolute Gasteiger partial charge is 0.278 e. The van der Waals surface area contributed by atoms with Crippen molar-refractivity contribution in [2.75, 3.05) is 51.8 Å². The SMILES string of the molecule is C[C@@H]1CN(c2cccc3cc(F)ccc23)CCN1CC[C@@H]1OCCc2cc(C(=O)/N=C\N(C)C)ccc21. The molecule has 1 amide bonds. The van der Waals surface area contributed by atoms with Gasteiger partial charge in [-0.25, -0.2) is 4.39 Å². The number of hydrogen-bond donors (Lipinski definition) is 0. The number of piperazine rings is 1. The molecule has 5 rings (SSSR count). The second kappa shape index (κ2) is 11.0. The van der Waals surface area contributed by atoms with Gasteiger partial charge in [-0.1, -0.05) is 18.2 Å². The Hall–Kier alpha value is -3.29. The van der Waals surface area contributed by atoms with Crippen LogP contribution in [0.4, 0.5) is 10.1 Å². The van der Waals surface area contributed by atoms with Gasteiger partial charge in [0.1, 0.15) is 5.82 Å². The number of ether oxygens (including phenoxy) is 1. The predicted molar refractivity (Wildman–Crippen MR) is 147 cm³/mol. The first-order valence-electron chi connectivity index (χ1n) is 13.1. The first-order chi connectivity index (χ1) is 17.9. The maximum Gasteiger partial charge on any atom is 0.278 e. The van der Waals surface area contributed by atoms with Crippen molar-refractivity contribution in [2.45, 2.75) is 31.9 Å². The van der Waals surface area contributed by atoms with Crippen molar-refractivity contribution < 1.29 is 13.9 Å². The molecule has 1 fully saturated rings. The number of benzene rings is 3. The van der Waals surface area contributed by atoms with Crippen molar-refractivity contribution in [1.29, 1.82) is 0 Å². The third kappa shape index (κ3) is 5.68. The highest BCUT2D eigenvalue weighted by molar-refractivity contribution is 5.99. The van der Waals surface area contributed by atoms with Crippen molar-refractivity contribution in [3.8, 4) is 0 Å². The summed E-state index contributed by atoms with van der Waals surface area (Å²) in [4.78, 5) is 23.1. The van der Waals surface area contributed by atoms with Crippen LogP contribution in [0.3, 0.4) is 0 Å². The lowest BCUT2D eigenvalue weighted by atomic mass is 9.93. The van der Waals surface area contributed by atoms with Gasteiger partial charge in [-0.3, -0.25) is 9.69 Å². The zero-order chi connectivity index (χ0) is 25.9. The highest BCUT2D eigenvalue weighted by Gasteiger charge is 2.27. The van der Waals surface area contributed by atoms with Crippen LogP contribution in [-0.4, -0.2) is 75.0 Å². The Kier molecular flexibility index (Phi) is 7.53. The molecule has 6 nitrogen and oxygen atoms in total. The molecule has 7 heteroatoms. The molecule has 2 heterocycles. The molecule has 194 valence electrons. The minimum Gasteiger partial charge on any atom is -0.373 e. The van der Waals surface area contributed by atoms with Gasteiger partial charge in [-0.15, -0.1) is 0 Å². The normalized spacial score (nSPS) is 20.4. The van der Waals surface area contributed by atoms with Crippen molar-refractivity contribution in [3.05, 3.63) is 77.1 Å². The van der Waals surface area contributed by atoms with Crippen LogP contribution >= 0.6 is 0 Å². The number of amides is 1. The maximum atomic E-state index is 13.7. The molecule has 37 heavy (non-hydrogen) atoms. The molecule has 0 aromatic heterocycles. The first-order valence-corrected chi connectivity index (χ1v) is 13.1. The summed E-state index contributed by atoms with van der Waals surface area (Å²) in [5, 5.41) is 2.04. The van der Waals surface area contributed by atoms with E-state index >= 15 is 0 Å². The Morgan fingerprint density at radius 3 is 2.84 bits per heavy atom. The Labute approximate surface area is 218 Å². The molecule has 0 radical (unpaired) electrons. The number of fused-ring (bicyclic) bond motifs is 2. The number of carbonyl (C=O) groups is 1. The summed E-state index contributed by atoms with van der Waals surface area (Å²) in [6.45, 7) is 6.72. The standard InChI is InChI=1S/C30H35FN4O2/c1-21-19-35(28-6-4-5-22-18-25(31)8-10-26(22)28)15-14-34(21)13-11-29-27-9-7-24(17-23(27)12-16-37-29)30(36)32-20-33(2)3/h4-10,17-18,20-21,29H,11-16,19H2,1-3H3/b32-20-/t21-,29+/m1/s1. The van der Waals surface area contributed by atoms with Gasteiger partial charge < -0.3 is 14.5 Å². The average Bonchev–Trinajstić information content (AvgIpc) is 2.90. The average molecular weight is 503 g/mol. The zero-order valence-electron chi connectivity index (χ0n) is 21.9. The van der Waals surface area contributed by atoms with Crippen LogP contribution in [0.15, 0.2) is 59.6 Å². The molecule has 2 aliphatic heterocycles. The fourth-order valence-electron chi connectivity index (χ4n) is 5.49. The molecule has 0 bridgehead atoms. The zero-order valence-corrected chi connectivity index (χ0v) is 21.9. The molecular formula is C30H35FN4O2. The molecule has 3 aromatic rings. The summed E-state index contributed by atoms with van der Waals surface area (Å²) in [6, 6.07) is 17.5. The Morgan fingerprint density at radius 1 is 1.16 bits per heavy atom. The number of hydrogen-bond acceptors (Lipinski definition) is 4. The topological polar surface area (TPSA) is 48.4 Å². The molecule has 0 aliphatic carbocycles. The van der Waals surface area contributed by atoms with E-state index in [-0.39, 0.29) is 17.8 Å². The van der Waals surface area contributed by atoms with Gasteiger partial charge in [0.05, 0.1) is 19.0 Å². The third-order valence-electron chi connectivity index (χ3n) is 7.44. The molecule has 0 saturated carbocycles. The van der Waals surface area contributed by atoms with E-state index in [0.717, 1.165) is 49.8 Å². The van der Waals surface area contributed by atoms with Crippen molar-refractivity contribution in [1.82, 2.24) is 9.80 Å². The largest absolute Gasteiger partial charge is 0.373 e. The molecule has 2 atom stereocenters. The van der Waals surface area contributed by atoms with E-state index in [1.54, 1.807) is 17.0 Å². The number of aliphatic imine (C=N–C) groups is 1. The molecule has 0 N–H and O–H groups in total. The lowest BCUT2D eigenvalue weighted by Gasteiger charge is -2.42. The van der Waals surface area contributed by atoms with E-state index in [2.05, 4.69) is 27.8 Å². The quantitative estimate of drug-likeness (QED) is 0.354. The molecule has 1 saturated heterocycles. The summed E-state index contributed by atoms with van der Waals surface area (Å²) in [6.07, 6.45) is 3.30. The maximum absolute atomic E-state index is 13.7. The summed E-state index contributed by atoms with van der Waals surface area (Å²) < 4.78 is 19.9. The van der Waals surface area contributed by atoms with Gasteiger partial charge >= 0.3 is 0 Å². The molecule has 3 aromatic carbocycles. The molecular weight excluding hydrogens is 467 g/mol. The van der Waals surface area contributed by atoms with E-state index in [4.69, 9.17) is 4.74 Å². The van der Waals surface area contributed by atoms with Gasteiger partial charge in [0.15, 0.2) is 0 Å². The van der Waals surface area contributed by atoms with Crippen molar-refractivity contribution in [2.24, 2.45) is 4.99 Å². The second-order valence-corrected chi connectivity index (χ2v) is 10.3. The van der Waals surface area contributed by atoms with Crippen molar-refractivity contribution in [3.63, 3.8) is 0 Å². The van der Waals surface area contributed by atoms with E-state index in [9.17, 15) is 9.18 Å². The van der Waals surface area contributed by atoms with E-state index in [0.29, 0.717) is 18.2 Å². The first kappa shape index (κ1) is 25.4. The number of anilines is 1. The number of carbonyl (C=O) groups excluding carboxylic acids is 1.